The first-order valence-electron chi connectivity index (χ1n) is 6.55. The summed E-state index contributed by atoms with van der Waals surface area (Å²) >= 11 is 5.76. The normalized spacial score (nSPS) is 19.3. The van der Waals surface area contributed by atoms with Crippen LogP contribution >= 0.6 is 11.6 Å². The first-order valence-corrected chi connectivity index (χ1v) is 8.37. The van der Waals surface area contributed by atoms with Crippen molar-refractivity contribution in [2.24, 2.45) is 0 Å². The summed E-state index contributed by atoms with van der Waals surface area (Å²) in [7, 11) is -3.55. The number of hydrogen-bond donors (Lipinski definition) is 1. The molecule has 0 saturated carbocycles. The van der Waals surface area contributed by atoms with Crippen LogP contribution in [0.1, 0.15) is 6.92 Å². The molecule has 0 radical (unpaired) electrons. The van der Waals surface area contributed by atoms with Crippen molar-refractivity contribution in [3.8, 4) is 0 Å². The van der Waals surface area contributed by atoms with Gasteiger partial charge in [0.25, 0.3) is 0 Å². The number of piperazine rings is 1. The third kappa shape index (κ3) is 3.55. The zero-order valence-electron chi connectivity index (χ0n) is 11.6. The van der Waals surface area contributed by atoms with Crippen LogP contribution in [0.3, 0.4) is 0 Å². The Morgan fingerprint density at radius 3 is 2.19 bits per heavy atom. The Labute approximate surface area is 129 Å². The van der Waals surface area contributed by atoms with Crippen LogP contribution in [0.25, 0.3) is 0 Å². The molecular formula is C13H17ClN2O4S. The highest BCUT2D eigenvalue weighted by Crippen LogP contribution is 2.20. The Kier molecular flexibility index (Phi) is 4.88. The minimum absolute atomic E-state index is 0.201. The highest BCUT2D eigenvalue weighted by molar-refractivity contribution is 7.89. The Morgan fingerprint density at radius 2 is 1.71 bits per heavy atom. The minimum Gasteiger partial charge on any atom is -0.480 e. The fourth-order valence-corrected chi connectivity index (χ4v) is 3.79. The molecule has 1 heterocycles. The number of benzene rings is 1. The molecule has 6 nitrogen and oxygen atoms in total. The predicted molar refractivity (Wildman–Crippen MR) is 78.9 cm³/mol. The smallest absolute Gasteiger partial charge is 0.320 e. The topological polar surface area (TPSA) is 77.9 Å². The SMILES string of the molecule is C[C@@H](C(=O)O)N1CCN(S(=O)(=O)c2ccc(Cl)cc2)CC1. The fraction of sp³-hybridized carbons (Fsp3) is 0.462. The van der Waals surface area contributed by atoms with E-state index in [2.05, 4.69) is 0 Å². The van der Waals surface area contributed by atoms with E-state index in [9.17, 15) is 13.2 Å². The van der Waals surface area contributed by atoms with Crippen molar-refractivity contribution in [1.29, 1.82) is 0 Å². The summed E-state index contributed by atoms with van der Waals surface area (Å²) in [4.78, 5) is 12.9. The Hall–Kier alpha value is -1.15. The van der Waals surface area contributed by atoms with E-state index in [0.29, 0.717) is 18.1 Å². The summed E-state index contributed by atoms with van der Waals surface area (Å²) in [5, 5.41) is 9.46. The first-order chi connectivity index (χ1) is 9.82. The van der Waals surface area contributed by atoms with Gasteiger partial charge in [-0.05, 0) is 31.2 Å². The lowest BCUT2D eigenvalue weighted by atomic mass is 10.2. The van der Waals surface area contributed by atoms with Crippen LogP contribution in [0, 0.1) is 0 Å². The van der Waals surface area contributed by atoms with Crippen molar-refractivity contribution in [3.63, 3.8) is 0 Å². The van der Waals surface area contributed by atoms with Gasteiger partial charge < -0.3 is 5.11 Å². The largest absolute Gasteiger partial charge is 0.480 e. The van der Waals surface area contributed by atoms with Crippen LogP contribution in [-0.4, -0.2) is 60.9 Å². The minimum atomic E-state index is -3.55. The molecular weight excluding hydrogens is 316 g/mol. The first kappa shape index (κ1) is 16.2. The number of carboxylic acid groups (broad SMARTS) is 1. The van der Waals surface area contributed by atoms with Crippen LogP contribution in [0.5, 0.6) is 0 Å². The summed E-state index contributed by atoms with van der Waals surface area (Å²) in [6.45, 7) is 2.97. The molecule has 1 atom stereocenters. The number of aliphatic carboxylic acids is 1. The lowest BCUT2D eigenvalue weighted by Crippen LogP contribution is -2.53. The molecule has 1 saturated heterocycles. The molecule has 1 aliphatic rings. The van der Waals surface area contributed by atoms with E-state index in [1.165, 1.54) is 28.6 Å². The molecule has 8 heteroatoms. The monoisotopic (exact) mass is 332 g/mol. The maximum atomic E-state index is 12.5. The van der Waals surface area contributed by atoms with E-state index in [0.717, 1.165) is 0 Å². The molecule has 0 aliphatic carbocycles. The van der Waals surface area contributed by atoms with Gasteiger partial charge in [-0.15, -0.1) is 0 Å². The van der Waals surface area contributed by atoms with Gasteiger partial charge in [0.2, 0.25) is 10.0 Å². The number of carbonyl (C=O) groups is 1. The second-order valence-corrected chi connectivity index (χ2v) is 7.28. The molecule has 2 rings (SSSR count). The molecule has 0 aromatic heterocycles. The second-order valence-electron chi connectivity index (χ2n) is 4.91. The lowest BCUT2D eigenvalue weighted by Gasteiger charge is -2.35. The van der Waals surface area contributed by atoms with Crippen LogP contribution in [0.4, 0.5) is 0 Å². The molecule has 0 unspecified atom stereocenters. The average molecular weight is 333 g/mol. The molecule has 0 bridgehead atoms. The van der Waals surface area contributed by atoms with Crippen LogP contribution in [0.15, 0.2) is 29.2 Å². The van der Waals surface area contributed by atoms with Gasteiger partial charge in [-0.3, -0.25) is 9.69 Å². The van der Waals surface area contributed by atoms with Gasteiger partial charge in [-0.1, -0.05) is 11.6 Å². The van der Waals surface area contributed by atoms with E-state index in [4.69, 9.17) is 16.7 Å². The molecule has 0 spiro atoms. The Bertz CT molecular complexity index is 610. The van der Waals surface area contributed by atoms with Crippen molar-refractivity contribution in [1.82, 2.24) is 9.21 Å². The van der Waals surface area contributed by atoms with Gasteiger partial charge in [0.05, 0.1) is 4.90 Å². The third-order valence-corrected chi connectivity index (χ3v) is 5.79. The predicted octanol–water partition coefficient (Wildman–Crippen LogP) is 1.12. The molecule has 1 aromatic rings. The number of hydrogen-bond acceptors (Lipinski definition) is 4. The van der Waals surface area contributed by atoms with Gasteiger partial charge in [0.15, 0.2) is 0 Å². The Balaban J connectivity index is 2.07. The molecule has 1 aliphatic heterocycles. The van der Waals surface area contributed by atoms with Gasteiger partial charge in [0.1, 0.15) is 6.04 Å². The van der Waals surface area contributed by atoms with Crippen molar-refractivity contribution in [3.05, 3.63) is 29.3 Å². The zero-order valence-corrected chi connectivity index (χ0v) is 13.1. The summed E-state index contributed by atoms with van der Waals surface area (Å²) < 4.78 is 26.3. The van der Waals surface area contributed by atoms with E-state index < -0.39 is 22.0 Å². The summed E-state index contributed by atoms with van der Waals surface area (Å²) in [6, 6.07) is 5.42. The van der Waals surface area contributed by atoms with Crippen molar-refractivity contribution in [2.75, 3.05) is 26.2 Å². The summed E-state index contributed by atoms with van der Waals surface area (Å²) in [5.74, 6) is -0.899. The fourth-order valence-electron chi connectivity index (χ4n) is 2.24. The number of nitrogens with zero attached hydrogens (tertiary/aromatic N) is 2. The van der Waals surface area contributed by atoms with E-state index in [-0.39, 0.29) is 18.0 Å². The second kappa shape index (κ2) is 6.31. The van der Waals surface area contributed by atoms with Gasteiger partial charge >= 0.3 is 5.97 Å². The maximum Gasteiger partial charge on any atom is 0.320 e. The van der Waals surface area contributed by atoms with E-state index >= 15 is 0 Å². The quantitative estimate of drug-likeness (QED) is 0.894. The van der Waals surface area contributed by atoms with Crippen LogP contribution in [0.2, 0.25) is 5.02 Å². The Morgan fingerprint density at radius 1 is 1.19 bits per heavy atom. The van der Waals surface area contributed by atoms with Crippen LogP contribution < -0.4 is 0 Å². The van der Waals surface area contributed by atoms with Crippen molar-refractivity contribution >= 4 is 27.6 Å². The molecule has 1 fully saturated rings. The molecule has 0 amide bonds. The lowest BCUT2D eigenvalue weighted by molar-refractivity contribution is -0.143. The van der Waals surface area contributed by atoms with Gasteiger partial charge in [-0.25, -0.2) is 8.42 Å². The van der Waals surface area contributed by atoms with Crippen molar-refractivity contribution in [2.45, 2.75) is 17.9 Å². The number of halogens is 1. The third-order valence-electron chi connectivity index (χ3n) is 3.63. The number of rotatable bonds is 4. The average Bonchev–Trinajstić information content (AvgIpc) is 2.47. The summed E-state index contributed by atoms with van der Waals surface area (Å²) in [6.07, 6.45) is 0. The number of carboxylic acids is 1. The van der Waals surface area contributed by atoms with Gasteiger partial charge in [0, 0.05) is 31.2 Å². The molecule has 21 heavy (non-hydrogen) atoms. The molecule has 116 valence electrons. The molecule has 1 aromatic carbocycles. The van der Waals surface area contributed by atoms with Crippen LogP contribution in [-0.2, 0) is 14.8 Å². The van der Waals surface area contributed by atoms with E-state index in [1.807, 2.05) is 0 Å². The zero-order chi connectivity index (χ0) is 15.6. The number of sulfonamides is 1. The molecule has 1 N–H and O–H groups in total. The van der Waals surface area contributed by atoms with Gasteiger partial charge in [-0.2, -0.15) is 4.31 Å². The highest BCUT2D eigenvalue weighted by atomic mass is 35.5. The highest BCUT2D eigenvalue weighted by Gasteiger charge is 2.31. The van der Waals surface area contributed by atoms with E-state index in [1.54, 1.807) is 11.8 Å². The summed E-state index contributed by atoms with van der Waals surface area (Å²) in [5.41, 5.74) is 0. The maximum absolute atomic E-state index is 12.5. The van der Waals surface area contributed by atoms with Crippen molar-refractivity contribution < 1.29 is 18.3 Å². The standard InChI is InChI=1S/C13H17ClN2O4S/c1-10(13(17)18)15-6-8-16(9-7-15)21(19,20)12-4-2-11(14)3-5-12/h2-5,10H,6-9H2,1H3,(H,17,18)/t10-/m0/s1.